The standard InChI is InChI=1S/C15H23N7O/c1-10(16)8-13(23)21-4-6-22(7-5-21)15-12-9-17-20(3)14(12)18-11(2)19-15/h9-10H,4-8,16H2,1-3H3. The Kier molecular flexibility index (Phi) is 4.16. The fourth-order valence-corrected chi connectivity index (χ4v) is 2.93. The molecule has 1 amide bonds. The Morgan fingerprint density at radius 2 is 2.00 bits per heavy atom. The number of nitrogens with zero attached hydrogens (tertiary/aromatic N) is 6. The quantitative estimate of drug-likeness (QED) is 0.860. The minimum absolute atomic E-state index is 0.0972. The molecule has 1 atom stereocenters. The molecule has 8 heteroatoms. The summed E-state index contributed by atoms with van der Waals surface area (Å²) in [6, 6.07) is -0.0972. The van der Waals surface area contributed by atoms with Crippen LogP contribution < -0.4 is 10.6 Å². The lowest BCUT2D eigenvalue weighted by Gasteiger charge is -2.36. The van der Waals surface area contributed by atoms with E-state index in [-0.39, 0.29) is 11.9 Å². The molecular formula is C15H23N7O. The van der Waals surface area contributed by atoms with Crippen LogP contribution in [0.3, 0.4) is 0 Å². The number of nitrogens with two attached hydrogens (primary N) is 1. The van der Waals surface area contributed by atoms with Gasteiger partial charge in [-0.05, 0) is 13.8 Å². The van der Waals surface area contributed by atoms with Gasteiger partial charge in [0.05, 0.1) is 11.6 Å². The van der Waals surface area contributed by atoms with Gasteiger partial charge in [-0.3, -0.25) is 9.48 Å². The summed E-state index contributed by atoms with van der Waals surface area (Å²) >= 11 is 0. The lowest BCUT2D eigenvalue weighted by molar-refractivity contribution is -0.131. The van der Waals surface area contributed by atoms with Crippen molar-refractivity contribution < 1.29 is 4.79 Å². The number of rotatable bonds is 3. The number of anilines is 1. The number of aryl methyl sites for hydroxylation is 2. The van der Waals surface area contributed by atoms with Crippen LogP contribution in [0.5, 0.6) is 0 Å². The zero-order chi connectivity index (χ0) is 16.6. The number of aromatic nitrogens is 4. The highest BCUT2D eigenvalue weighted by Gasteiger charge is 2.24. The first kappa shape index (κ1) is 15.7. The molecule has 1 aliphatic heterocycles. The van der Waals surface area contributed by atoms with Crippen LogP contribution in [0, 0.1) is 6.92 Å². The molecule has 2 aromatic rings. The highest BCUT2D eigenvalue weighted by molar-refractivity contribution is 5.87. The van der Waals surface area contributed by atoms with Gasteiger partial charge < -0.3 is 15.5 Å². The van der Waals surface area contributed by atoms with Gasteiger partial charge in [0.2, 0.25) is 5.91 Å². The van der Waals surface area contributed by atoms with Crippen molar-refractivity contribution in [3.8, 4) is 0 Å². The Balaban J connectivity index is 1.77. The molecule has 0 aliphatic carbocycles. The van der Waals surface area contributed by atoms with Crippen LogP contribution in [0.25, 0.3) is 11.0 Å². The van der Waals surface area contributed by atoms with Crippen molar-refractivity contribution in [1.82, 2.24) is 24.6 Å². The first-order valence-corrected chi connectivity index (χ1v) is 7.90. The molecule has 124 valence electrons. The molecule has 1 aliphatic rings. The predicted octanol–water partition coefficient (Wildman–Crippen LogP) is 0.0576. The van der Waals surface area contributed by atoms with Crippen molar-refractivity contribution in [2.45, 2.75) is 26.3 Å². The van der Waals surface area contributed by atoms with Crippen molar-refractivity contribution in [2.75, 3.05) is 31.1 Å². The summed E-state index contributed by atoms with van der Waals surface area (Å²) in [6.07, 6.45) is 2.21. The first-order chi connectivity index (χ1) is 11.0. The topological polar surface area (TPSA) is 93.2 Å². The summed E-state index contributed by atoms with van der Waals surface area (Å²) in [5.41, 5.74) is 6.55. The van der Waals surface area contributed by atoms with Gasteiger partial charge in [0.15, 0.2) is 5.65 Å². The Morgan fingerprint density at radius 1 is 1.30 bits per heavy atom. The summed E-state index contributed by atoms with van der Waals surface area (Å²) in [7, 11) is 1.88. The lowest BCUT2D eigenvalue weighted by Crippen LogP contribution is -2.49. The summed E-state index contributed by atoms with van der Waals surface area (Å²) in [4.78, 5) is 25.2. The largest absolute Gasteiger partial charge is 0.352 e. The average molecular weight is 317 g/mol. The Bertz CT molecular complexity index is 716. The maximum Gasteiger partial charge on any atom is 0.224 e. The van der Waals surface area contributed by atoms with E-state index in [0.717, 1.165) is 35.8 Å². The molecule has 1 fully saturated rings. The van der Waals surface area contributed by atoms with Gasteiger partial charge in [-0.15, -0.1) is 0 Å². The van der Waals surface area contributed by atoms with E-state index >= 15 is 0 Å². The van der Waals surface area contributed by atoms with Gasteiger partial charge >= 0.3 is 0 Å². The summed E-state index contributed by atoms with van der Waals surface area (Å²) in [5.74, 6) is 1.76. The number of amides is 1. The van der Waals surface area contributed by atoms with Crippen molar-refractivity contribution in [3.63, 3.8) is 0 Å². The number of fused-ring (bicyclic) bond motifs is 1. The van der Waals surface area contributed by atoms with Crippen LogP contribution >= 0.6 is 0 Å². The molecule has 0 spiro atoms. The van der Waals surface area contributed by atoms with E-state index in [0.29, 0.717) is 19.5 Å². The zero-order valence-corrected chi connectivity index (χ0v) is 13.9. The van der Waals surface area contributed by atoms with Crippen molar-refractivity contribution in [1.29, 1.82) is 0 Å². The smallest absolute Gasteiger partial charge is 0.224 e. The number of hydrogen-bond donors (Lipinski definition) is 1. The molecular weight excluding hydrogens is 294 g/mol. The third-order valence-electron chi connectivity index (χ3n) is 4.11. The Hall–Kier alpha value is -2.22. The monoisotopic (exact) mass is 317 g/mol. The molecule has 0 saturated carbocycles. The number of piperazine rings is 1. The van der Waals surface area contributed by atoms with E-state index in [1.807, 2.05) is 25.8 Å². The van der Waals surface area contributed by atoms with Gasteiger partial charge in [-0.1, -0.05) is 0 Å². The maximum atomic E-state index is 12.1. The first-order valence-electron chi connectivity index (χ1n) is 7.90. The molecule has 2 aromatic heterocycles. The van der Waals surface area contributed by atoms with E-state index in [1.54, 1.807) is 10.9 Å². The molecule has 23 heavy (non-hydrogen) atoms. The minimum Gasteiger partial charge on any atom is -0.352 e. The Labute approximate surface area is 135 Å². The van der Waals surface area contributed by atoms with E-state index in [4.69, 9.17) is 5.73 Å². The fraction of sp³-hybridized carbons (Fsp3) is 0.600. The molecule has 3 rings (SSSR count). The van der Waals surface area contributed by atoms with E-state index in [1.165, 1.54) is 0 Å². The molecule has 3 heterocycles. The third-order valence-corrected chi connectivity index (χ3v) is 4.11. The average Bonchev–Trinajstić information content (AvgIpc) is 2.87. The molecule has 0 radical (unpaired) electrons. The molecule has 0 bridgehead atoms. The van der Waals surface area contributed by atoms with Crippen LogP contribution in [0.4, 0.5) is 5.82 Å². The van der Waals surface area contributed by atoms with Gasteiger partial charge in [0.25, 0.3) is 0 Å². The summed E-state index contributed by atoms with van der Waals surface area (Å²) in [5, 5.41) is 5.23. The minimum atomic E-state index is -0.0972. The second-order valence-corrected chi connectivity index (χ2v) is 6.15. The maximum absolute atomic E-state index is 12.1. The molecule has 2 N–H and O–H groups in total. The highest BCUT2D eigenvalue weighted by Crippen LogP contribution is 2.24. The molecule has 0 aromatic carbocycles. The van der Waals surface area contributed by atoms with Crippen LogP contribution in [-0.4, -0.2) is 62.8 Å². The van der Waals surface area contributed by atoms with Gasteiger partial charge in [0, 0.05) is 45.7 Å². The van der Waals surface area contributed by atoms with Gasteiger partial charge in [-0.25, -0.2) is 9.97 Å². The second-order valence-electron chi connectivity index (χ2n) is 6.15. The second kappa shape index (κ2) is 6.11. The normalized spacial score (nSPS) is 16.9. The fourth-order valence-electron chi connectivity index (χ4n) is 2.93. The van der Waals surface area contributed by atoms with Gasteiger partial charge in [-0.2, -0.15) is 5.10 Å². The number of carbonyl (C=O) groups excluding carboxylic acids is 1. The zero-order valence-electron chi connectivity index (χ0n) is 13.9. The summed E-state index contributed by atoms with van der Waals surface area (Å²) in [6.45, 7) is 6.64. The van der Waals surface area contributed by atoms with E-state index < -0.39 is 0 Å². The SMILES string of the molecule is Cc1nc(N2CCN(C(=O)CC(C)N)CC2)c2cnn(C)c2n1. The van der Waals surface area contributed by atoms with Crippen LogP contribution in [-0.2, 0) is 11.8 Å². The van der Waals surface area contributed by atoms with E-state index in [9.17, 15) is 4.79 Å². The van der Waals surface area contributed by atoms with Crippen LogP contribution in [0.1, 0.15) is 19.2 Å². The molecule has 1 saturated heterocycles. The van der Waals surface area contributed by atoms with Crippen molar-refractivity contribution in [3.05, 3.63) is 12.0 Å². The number of carbonyl (C=O) groups is 1. The van der Waals surface area contributed by atoms with Crippen LogP contribution in [0.15, 0.2) is 6.20 Å². The Morgan fingerprint density at radius 3 is 2.65 bits per heavy atom. The third kappa shape index (κ3) is 3.12. The van der Waals surface area contributed by atoms with Crippen LogP contribution in [0.2, 0.25) is 0 Å². The van der Waals surface area contributed by atoms with Crippen molar-refractivity contribution in [2.24, 2.45) is 12.8 Å². The number of hydrogen-bond acceptors (Lipinski definition) is 6. The summed E-state index contributed by atoms with van der Waals surface area (Å²) < 4.78 is 1.76. The highest BCUT2D eigenvalue weighted by atomic mass is 16.2. The molecule has 1 unspecified atom stereocenters. The lowest BCUT2D eigenvalue weighted by atomic mass is 10.2. The predicted molar refractivity (Wildman–Crippen MR) is 88.1 cm³/mol. The van der Waals surface area contributed by atoms with Gasteiger partial charge in [0.1, 0.15) is 11.6 Å². The molecule has 8 nitrogen and oxygen atoms in total. The van der Waals surface area contributed by atoms with E-state index in [2.05, 4.69) is 20.0 Å². The van der Waals surface area contributed by atoms with Crippen molar-refractivity contribution >= 4 is 22.8 Å².